The molecule has 0 radical (unpaired) electrons. The summed E-state index contributed by atoms with van der Waals surface area (Å²) in [5, 5.41) is 8.93. The number of hydrogen-bond donors (Lipinski definition) is 1. The molecular weight excluding hydrogens is 318 g/mol. The Hall–Kier alpha value is -0.870. The Labute approximate surface area is 129 Å². The van der Waals surface area contributed by atoms with Crippen LogP contribution in [0.15, 0.2) is 28.7 Å². The van der Waals surface area contributed by atoms with Crippen LogP contribution in [0.25, 0.3) is 0 Å². The lowest BCUT2D eigenvalue weighted by molar-refractivity contribution is -0.138. The highest BCUT2D eigenvalue weighted by Crippen LogP contribution is 2.27. The summed E-state index contributed by atoms with van der Waals surface area (Å²) >= 11 is 3.51. The van der Waals surface area contributed by atoms with E-state index >= 15 is 0 Å². The Kier molecular flexibility index (Phi) is 5.61. The fraction of sp³-hybridized carbons (Fsp3) is 0.562. The molecule has 0 amide bonds. The Morgan fingerprint density at radius 2 is 2.35 bits per heavy atom. The van der Waals surface area contributed by atoms with Crippen LogP contribution in [0.2, 0.25) is 0 Å². The summed E-state index contributed by atoms with van der Waals surface area (Å²) in [6.45, 7) is 5.15. The molecule has 1 aromatic carbocycles. The first-order valence-corrected chi connectivity index (χ1v) is 8.02. The van der Waals surface area contributed by atoms with Crippen LogP contribution in [0.3, 0.4) is 0 Å². The average molecular weight is 340 g/mol. The fourth-order valence-electron chi connectivity index (χ4n) is 3.03. The highest BCUT2D eigenvalue weighted by molar-refractivity contribution is 9.10. The first kappa shape index (κ1) is 15.5. The molecule has 1 fully saturated rings. The van der Waals surface area contributed by atoms with E-state index in [1.165, 1.54) is 12.0 Å². The molecular formula is C16H22BrNO2. The molecule has 1 heterocycles. The van der Waals surface area contributed by atoms with E-state index in [4.69, 9.17) is 5.11 Å². The van der Waals surface area contributed by atoms with Gasteiger partial charge in [0.2, 0.25) is 0 Å². The van der Waals surface area contributed by atoms with E-state index in [2.05, 4.69) is 46.0 Å². The van der Waals surface area contributed by atoms with E-state index < -0.39 is 5.97 Å². The molecule has 0 aromatic heterocycles. The second-order valence-corrected chi connectivity index (χ2v) is 6.76. The van der Waals surface area contributed by atoms with Crippen molar-refractivity contribution in [2.45, 2.75) is 32.7 Å². The van der Waals surface area contributed by atoms with Gasteiger partial charge in [-0.15, -0.1) is 0 Å². The van der Waals surface area contributed by atoms with Crippen molar-refractivity contribution < 1.29 is 9.90 Å². The summed E-state index contributed by atoms with van der Waals surface area (Å²) in [4.78, 5) is 13.3. The number of likely N-dealkylation sites (tertiary alicyclic amines) is 1. The smallest absolute Gasteiger partial charge is 0.303 e. The van der Waals surface area contributed by atoms with Crippen molar-refractivity contribution >= 4 is 21.9 Å². The van der Waals surface area contributed by atoms with Gasteiger partial charge in [-0.05, 0) is 48.9 Å². The normalized spacial score (nSPS) is 21.6. The van der Waals surface area contributed by atoms with Gasteiger partial charge in [0.05, 0.1) is 0 Å². The van der Waals surface area contributed by atoms with Crippen molar-refractivity contribution in [2.75, 3.05) is 13.1 Å². The number of benzene rings is 1. The predicted molar refractivity (Wildman–Crippen MR) is 83.6 cm³/mol. The second-order valence-electron chi connectivity index (χ2n) is 5.84. The minimum absolute atomic E-state index is 0.262. The Morgan fingerprint density at radius 3 is 3.05 bits per heavy atom. The van der Waals surface area contributed by atoms with Crippen LogP contribution in [0.5, 0.6) is 0 Å². The lowest BCUT2D eigenvalue weighted by Gasteiger charge is -2.35. The molecule has 0 aliphatic carbocycles. The topological polar surface area (TPSA) is 40.5 Å². The van der Waals surface area contributed by atoms with Crippen molar-refractivity contribution in [3.8, 4) is 0 Å². The van der Waals surface area contributed by atoms with Crippen LogP contribution in [-0.2, 0) is 11.3 Å². The van der Waals surface area contributed by atoms with Crippen LogP contribution in [0, 0.1) is 11.8 Å². The van der Waals surface area contributed by atoms with Crippen LogP contribution in [0.4, 0.5) is 0 Å². The molecule has 1 aliphatic heterocycles. The number of carboxylic acids is 1. The van der Waals surface area contributed by atoms with E-state index in [0.717, 1.165) is 30.5 Å². The predicted octanol–water partition coefficient (Wildman–Crippen LogP) is 3.77. The summed E-state index contributed by atoms with van der Waals surface area (Å²) in [6.07, 6.45) is 2.61. The van der Waals surface area contributed by atoms with E-state index in [1.807, 2.05) is 6.07 Å². The quantitative estimate of drug-likeness (QED) is 0.887. The van der Waals surface area contributed by atoms with Crippen molar-refractivity contribution in [3.05, 3.63) is 34.3 Å². The molecule has 2 rings (SSSR count). The first-order chi connectivity index (χ1) is 9.54. The minimum Gasteiger partial charge on any atom is -0.481 e. The fourth-order valence-corrected chi connectivity index (χ4v) is 3.48. The lowest BCUT2D eigenvalue weighted by atomic mass is 9.84. The van der Waals surface area contributed by atoms with Gasteiger partial charge in [-0.1, -0.05) is 35.0 Å². The first-order valence-electron chi connectivity index (χ1n) is 7.23. The maximum atomic E-state index is 10.8. The van der Waals surface area contributed by atoms with Gasteiger partial charge >= 0.3 is 5.97 Å². The Balaban J connectivity index is 1.91. The molecule has 110 valence electrons. The molecule has 20 heavy (non-hydrogen) atoms. The van der Waals surface area contributed by atoms with Gasteiger partial charge in [0.25, 0.3) is 0 Å². The largest absolute Gasteiger partial charge is 0.481 e. The maximum Gasteiger partial charge on any atom is 0.303 e. The van der Waals surface area contributed by atoms with E-state index in [-0.39, 0.29) is 12.3 Å². The van der Waals surface area contributed by atoms with Crippen LogP contribution >= 0.6 is 15.9 Å². The third-order valence-electron chi connectivity index (χ3n) is 4.14. The van der Waals surface area contributed by atoms with Gasteiger partial charge in [0.15, 0.2) is 0 Å². The molecule has 0 bridgehead atoms. The molecule has 3 nitrogen and oxygen atoms in total. The second kappa shape index (κ2) is 7.23. The minimum atomic E-state index is -0.679. The number of nitrogens with zero attached hydrogens (tertiary/aromatic N) is 1. The number of piperidine rings is 1. The molecule has 1 aromatic rings. The zero-order valence-electron chi connectivity index (χ0n) is 11.9. The maximum absolute atomic E-state index is 10.8. The van der Waals surface area contributed by atoms with E-state index in [0.29, 0.717) is 5.92 Å². The van der Waals surface area contributed by atoms with Crippen LogP contribution in [0.1, 0.15) is 31.7 Å². The zero-order valence-corrected chi connectivity index (χ0v) is 13.5. The summed E-state index contributed by atoms with van der Waals surface area (Å²) in [5.74, 6) is 0.0893. The highest BCUT2D eigenvalue weighted by atomic mass is 79.9. The zero-order chi connectivity index (χ0) is 14.5. The SMILES string of the molecule is CC(CC(=O)O)C1CCCN(Cc2cccc(Br)c2)C1. The number of hydrogen-bond acceptors (Lipinski definition) is 2. The van der Waals surface area contributed by atoms with Crippen molar-refractivity contribution in [1.82, 2.24) is 4.90 Å². The Bertz CT molecular complexity index is 464. The van der Waals surface area contributed by atoms with Gasteiger partial charge in [0, 0.05) is 24.0 Å². The van der Waals surface area contributed by atoms with Crippen LogP contribution < -0.4 is 0 Å². The van der Waals surface area contributed by atoms with Gasteiger partial charge in [-0.2, -0.15) is 0 Å². The van der Waals surface area contributed by atoms with Crippen LogP contribution in [-0.4, -0.2) is 29.1 Å². The Morgan fingerprint density at radius 1 is 1.55 bits per heavy atom. The third-order valence-corrected chi connectivity index (χ3v) is 4.63. The summed E-state index contributed by atoms with van der Waals surface area (Å²) in [6, 6.07) is 8.41. The van der Waals surface area contributed by atoms with Crippen molar-refractivity contribution in [3.63, 3.8) is 0 Å². The summed E-state index contributed by atoms with van der Waals surface area (Å²) < 4.78 is 1.11. The molecule has 0 spiro atoms. The molecule has 1 N–H and O–H groups in total. The monoisotopic (exact) mass is 339 g/mol. The summed E-state index contributed by atoms with van der Waals surface area (Å²) in [7, 11) is 0. The van der Waals surface area contributed by atoms with Crippen molar-refractivity contribution in [1.29, 1.82) is 0 Å². The third kappa shape index (κ3) is 4.60. The number of carbonyl (C=O) groups is 1. The summed E-state index contributed by atoms with van der Waals surface area (Å²) in [5.41, 5.74) is 1.31. The number of halogens is 1. The standard InChI is InChI=1S/C16H22BrNO2/c1-12(8-16(19)20)14-5-3-7-18(11-14)10-13-4-2-6-15(17)9-13/h2,4,6,9,12,14H,3,5,7-8,10-11H2,1H3,(H,19,20). The molecule has 0 saturated carbocycles. The van der Waals surface area contributed by atoms with E-state index in [9.17, 15) is 4.79 Å². The number of carboxylic acid groups (broad SMARTS) is 1. The lowest BCUT2D eigenvalue weighted by Crippen LogP contribution is -2.37. The van der Waals surface area contributed by atoms with E-state index in [1.54, 1.807) is 0 Å². The molecule has 4 heteroatoms. The highest BCUT2D eigenvalue weighted by Gasteiger charge is 2.25. The molecule has 2 atom stereocenters. The van der Waals surface area contributed by atoms with Gasteiger partial charge < -0.3 is 5.11 Å². The molecule has 1 aliphatic rings. The molecule has 1 saturated heterocycles. The average Bonchev–Trinajstić information content (AvgIpc) is 2.38. The van der Waals surface area contributed by atoms with Gasteiger partial charge in [0.1, 0.15) is 0 Å². The van der Waals surface area contributed by atoms with Gasteiger partial charge in [-0.25, -0.2) is 0 Å². The van der Waals surface area contributed by atoms with Gasteiger partial charge in [-0.3, -0.25) is 9.69 Å². The number of rotatable bonds is 5. The van der Waals surface area contributed by atoms with Crippen molar-refractivity contribution in [2.24, 2.45) is 11.8 Å². The molecule has 2 unspecified atom stereocenters. The number of aliphatic carboxylic acids is 1.